The van der Waals surface area contributed by atoms with E-state index in [1.165, 1.54) is 0 Å². The average molecular weight is 200 g/mol. The van der Waals surface area contributed by atoms with E-state index in [1.54, 1.807) is 0 Å². The molecular formula is C12H24O2. The molecular weight excluding hydrogens is 176 g/mol. The van der Waals surface area contributed by atoms with E-state index < -0.39 is 0 Å². The molecule has 2 heteroatoms. The molecule has 14 heavy (non-hydrogen) atoms. The zero-order chi connectivity index (χ0) is 11.0. The van der Waals surface area contributed by atoms with E-state index in [4.69, 9.17) is 4.74 Å². The number of carbonyl (C=O) groups is 1. The Balaban J connectivity index is 3.88. The van der Waals surface area contributed by atoms with Crippen LogP contribution < -0.4 is 0 Å². The Morgan fingerprint density at radius 1 is 1.14 bits per heavy atom. The Kier molecular flexibility index (Phi) is 7.77. The Hall–Kier alpha value is -0.370. The van der Waals surface area contributed by atoms with Crippen LogP contribution in [0.15, 0.2) is 0 Å². The first-order valence-electron chi connectivity index (χ1n) is 5.76. The van der Waals surface area contributed by atoms with Crippen molar-refractivity contribution < 1.29 is 9.53 Å². The van der Waals surface area contributed by atoms with E-state index in [0.717, 1.165) is 25.7 Å². The molecule has 0 fully saturated rings. The van der Waals surface area contributed by atoms with Gasteiger partial charge < -0.3 is 4.74 Å². The first-order chi connectivity index (χ1) is 6.61. The van der Waals surface area contributed by atoms with Crippen LogP contribution in [0.2, 0.25) is 0 Å². The fourth-order valence-electron chi connectivity index (χ4n) is 1.53. The van der Waals surface area contributed by atoms with Crippen LogP contribution in [-0.2, 0) is 9.53 Å². The Morgan fingerprint density at radius 2 is 1.64 bits per heavy atom. The van der Waals surface area contributed by atoms with E-state index in [2.05, 4.69) is 13.8 Å². The Labute approximate surface area is 88.0 Å². The van der Waals surface area contributed by atoms with Crippen molar-refractivity contribution in [3.8, 4) is 0 Å². The first-order valence-corrected chi connectivity index (χ1v) is 5.76. The van der Waals surface area contributed by atoms with Gasteiger partial charge in [0, 0.05) is 5.92 Å². The number of rotatable bonds is 8. The molecule has 0 aliphatic heterocycles. The van der Waals surface area contributed by atoms with Gasteiger partial charge in [-0.1, -0.05) is 26.7 Å². The third kappa shape index (κ3) is 6.14. The molecule has 84 valence electrons. The summed E-state index contributed by atoms with van der Waals surface area (Å²) in [6.45, 7) is 8.46. The van der Waals surface area contributed by atoms with E-state index in [1.807, 2.05) is 13.8 Å². The molecule has 0 aromatic carbocycles. The first kappa shape index (κ1) is 13.6. The molecule has 0 N–H and O–H groups in total. The summed E-state index contributed by atoms with van der Waals surface area (Å²) in [7, 11) is 0. The summed E-state index contributed by atoms with van der Waals surface area (Å²) in [6.07, 6.45) is 4.33. The van der Waals surface area contributed by atoms with Gasteiger partial charge in [0.05, 0.1) is 6.10 Å². The topological polar surface area (TPSA) is 26.3 Å². The van der Waals surface area contributed by atoms with Crippen molar-refractivity contribution >= 4 is 5.78 Å². The predicted octanol–water partition coefficient (Wildman–Crippen LogP) is 3.20. The number of ketones is 1. The molecule has 0 radical (unpaired) electrons. The molecule has 0 aromatic heterocycles. The van der Waals surface area contributed by atoms with E-state index in [-0.39, 0.29) is 17.8 Å². The monoisotopic (exact) mass is 200 g/mol. The van der Waals surface area contributed by atoms with Crippen LogP contribution >= 0.6 is 0 Å². The van der Waals surface area contributed by atoms with E-state index in [0.29, 0.717) is 6.61 Å². The van der Waals surface area contributed by atoms with Crippen molar-refractivity contribution in [2.75, 3.05) is 6.61 Å². The molecule has 0 aliphatic rings. The summed E-state index contributed by atoms with van der Waals surface area (Å²) < 4.78 is 5.33. The Morgan fingerprint density at radius 3 is 2.00 bits per heavy atom. The second-order valence-electron chi connectivity index (χ2n) is 4.10. The van der Waals surface area contributed by atoms with Gasteiger partial charge in [-0.05, 0) is 26.7 Å². The van der Waals surface area contributed by atoms with Gasteiger partial charge in [0.2, 0.25) is 0 Å². The molecule has 0 aliphatic carbocycles. The highest BCUT2D eigenvalue weighted by atomic mass is 16.5. The van der Waals surface area contributed by atoms with Crippen molar-refractivity contribution in [1.82, 2.24) is 0 Å². The number of Topliss-reactive ketones (excluding diaryl/α,β-unsaturated/α-hetero) is 1. The van der Waals surface area contributed by atoms with Crippen LogP contribution in [0, 0.1) is 5.92 Å². The Bertz CT molecular complexity index is 146. The van der Waals surface area contributed by atoms with Gasteiger partial charge in [-0.25, -0.2) is 0 Å². The normalized spacial score (nSPS) is 11.3. The predicted molar refractivity (Wildman–Crippen MR) is 59.4 cm³/mol. The number of hydrogen-bond donors (Lipinski definition) is 0. The zero-order valence-corrected chi connectivity index (χ0v) is 10.0. The highest BCUT2D eigenvalue weighted by molar-refractivity contribution is 5.82. The smallest absolute Gasteiger partial charge is 0.161 e. The minimum Gasteiger partial charge on any atom is -0.371 e. The maximum Gasteiger partial charge on any atom is 0.161 e. The molecule has 0 unspecified atom stereocenters. The summed E-state index contributed by atoms with van der Waals surface area (Å²) in [5.41, 5.74) is 0. The third-order valence-corrected chi connectivity index (χ3v) is 2.29. The maximum absolute atomic E-state index is 11.7. The molecule has 0 rings (SSSR count). The molecule has 2 nitrogen and oxygen atoms in total. The van der Waals surface area contributed by atoms with Gasteiger partial charge >= 0.3 is 0 Å². The van der Waals surface area contributed by atoms with Gasteiger partial charge in [0.15, 0.2) is 5.78 Å². The number of ether oxygens (including phenoxy) is 1. The minimum atomic E-state index is 0.155. The van der Waals surface area contributed by atoms with Crippen LogP contribution in [0.25, 0.3) is 0 Å². The average Bonchev–Trinajstić information content (AvgIpc) is 2.14. The van der Waals surface area contributed by atoms with Crippen LogP contribution in [0.5, 0.6) is 0 Å². The standard InChI is InChI=1S/C12H24O2/c1-5-7-11(8-6-2)12(13)9-14-10(3)4/h10-11H,5-9H2,1-4H3. The van der Waals surface area contributed by atoms with Gasteiger partial charge in [-0.3, -0.25) is 4.79 Å². The van der Waals surface area contributed by atoms with Crippen molar-refractivity contribution in [3.63, 3.8) is 0 Å². The van der Waals surface area contributed by atoms with E-state index >= 15 is 0 Å². The fourth-order valence-corrected chi connectivity index (χ4v) is 1.53. The molecule has 0 heterocycles. The zero-order valence-electron chi connectivity index (χ0n) is 10.0. The van der Waals surface area contributed by atoms with Gasteiger partial charge in [-0.15, -0.1) is 0 Å². The molecule has 0 spiro atoms. The molecule has 0 saturated carbocycles. The number of carbonyl (C=O) groups excluding carboxylic acids is 1. The fraction of sp³-hybridized carbons (Fsp3) is 0.917. The lowest BCUT2D eigenvalue weighted by atomic mass is 9.94. The quantitative estimate of drug-likeness (QED) is 0.601. The third-order valence-electron chi connectivity index (χ3n) is 2.29. The highest BCUT2D eigenvalue weighted by Gasteiger charge is 2.16. The molecule has 0 bridgehead atoms. The van der Waals surface area contributed by atoms with E-state index in [9.17, 15) is 4.79 Å². The van der Waals surface area contributed by atoms with Crippen LogP contribution in [0.3, 0.4) is 0 Å². The largest absolute Gasteiger partial charge is 0.371 e. The maximum atomic E-state index is 11.7. The second kappa shape index (κ2) is 7.98. The number of hydrogen-bond acceptors (Lipinski definition) is 2. The van der Waals surface area contributed by atoms with Crippen LogP contribution in [0.4, 0.5) is 0 Å². The SMILES string of the molecule is CCCC(CCC)C(=O)COC(C)C. The summed E-state index contributed by atoms with van der Waals surface area (Å²) in [6, 6.07) is 0. The highest BCUT2D eigenvalue weighted by Crippen LogP contribution is 2.14. The van der Waals surface area contributed by atoms with Crippen molar-refractivity contribution in [2.24, 2.45) is 5.92 Å². The summed E-state index contributed by atoms with van der Waals surface area (Å²) in [5, 5.41) is 0. The van der Waals surface area contributed by atoms with Gasteiger partial charge in [0.25, 0.3) is 0 Å². The summed E-state index contributed by atoms with van der Waals surface area (Å²) in [4.78, 5) is 11.7. The van der Waals surface area contributed by atoms with Crippen molar-refractivity contribution in [1.29, 1.82) is 0 Å². The van der Waals surface area contributed by atoms with Gasteiger partial charge in [-0.2, -0.15) is 0 Å². The van der Waals surface area contributed by atoms with Gasteiger partial charge in [0.1, 0.15) is 6.61 Å². The minimum absolute atomic E-state index is 0.155. The van der Waals surface area contributed by atoms with Crippen molar-refractivity contribution in [2.45, 2.75) is 59.5 Å². The molecule has 0 amide bonds. The lowest BCUT2D eigenvalue weighted by molar-refractivity contribution is -0.129. The molecule has 0 atom stereocenters. The molecule has 0 saturated heterocycles. The summed E-state index contributed by atoms with van der Waals surface area (Å²) in [5.74, 6) is 0.506. The lowest BCUT2D eigenvalue weighted by Crippen LogP contribution is -2.21. The second-order valence-corrected chi connectivity index (χ2v) is 4.10. The van der Waals surface area contributed by atoms with Crippen LogP contribution in [-0.4, -0.2) is 18.5 Å². The van der Waals surface area contributed by atoms with Crippen molar-refractivity contribution in [3.05, 3.63) is 0 Å². The molecule has 0 aromatic rings. The summed E-state index contributed by atoms with van der Waals surface area (Å²) >= 11 is 0. The lowest BCUT2D eigenvalue weighted by Gasteiger charge is -2.15. The van der Waals surface area contributed by atoms with Crippen LogP contribution in [0.1, 0.15) is 53.4 Å².